The molecule has 0 aliphatic heterocycles. The van der Waals surface area contributed by atoms with Gasteiger partial charge in [-0.1, -0.05) is 11.6 Å². The number of benzene rings is 1. The Labute approximate surface area is 123 Å². The van der Waals surface area contributed by atoms with E-state index in [9.17, 15) is 9.90 Å². The summed E-state index contributed by atoms with van der Waals surface area (Å²) in [6.45, 7) is 5.32. The van der Waals surface area contributed by atoms with Gasteiger partial charge in [0.15, 0.2) is 0 Å². The molecule has 0 aliphatic carbocycles. The maximum Gasteiger partial charge on any atom is 0.410 e. The number of rotatable bonds is 4. The van der Waals surface area contributed by atoms with Crippen molar-refractivity contribution in [1.82, 2.24) is 4.90 Å². The summed E-state index contributed by atoms with van der Waals surface area (Å²) in [6, 6.07) is 4.60. The fraction of sp³-hybridized carbons (Fsp3) is 0.500. The van der Waals surface area contributed by atoms with Gasteiger partial charge in [0, 0.05) is 17.1 Å². The van der Waals surface area contributed by atoms with Gasteiger partial charge in [-0.25, -0.2) is 4.79 Å². The molecule has 0 radical (unpaired) electrons. The zero-order valence-electron chi connectivity index (χ0n) is 11.9. The second-order valence-corrected chi connectivity index (χ2v) is 5.83. The zero-order valence-corrected chi connectivity index (χ0v) is 12.6. The predicted octanol–water partition coefficient (Wildman–Crippen LogP) is 2.78. The number of aliphatic hydroxyl groups is 1. The molecule has 0 spiro atoms. The smallest absolute Gasteiger partial charge is 0.410 e. The minimum absolute atomic E-state index is 0.0425. The number of carbonyl (C=O) groups is 1. The normalized spacial score (nSPS) is 11.2. The molecule has 0 saturated heterocycles. The number of nitrogens with zero attached hydrogens (tertiary/aromatic N) is 1. The lowest BCUT2D eigenvalue weighted by atomic mass is 10.2. The van der Waals surface area contributed by atoms with Gasteiger partial charge in [-0.15, -0.1) is 0 Å². The number of aliphatic hydroxyl groups excluding tert-OH is 1. The molecule has 0 aromatic heterocycles. The second-order valence-electron chi connectivity index (χ2n) is 5.40. The van der Waals surface area contributed by atoms with Crippen molar-refractivity contribution in [2.24, 2.45) is 0 Å². The van der Waals surface area contributed by atoms with E-state index in [0.29, 0.717) is 10.6 Å². The molecule has 1 aromatic carbocycles. The van der Waals surface area contributed by atoms with Crippen LogP contribution < -0.4 is 0 Å². The van der Waals surface area contributed by atoms with Crippen molar-refractivity contribution in [1.29, 1.82) is 0 Å². The molecule has 0 heterocycles. The van der Waals surface area contributed by atoms with Gasteiger partial charge in [-0.2, -0.15) is 0 Å². The molecule has 0 saturated carbocycles. The number of ether oxygens (including phenoxy) is 1. The van der Waals surface area contributed by atoms with E-state index in [1.54, 1.807) is 32.9 Å². The summed E-state index contributed by atoms with van der Waals surface area (Å²) < 4.78 is 5.26. The van der Waals surface area contributed by atoms with Gasteiger partial charge in [0.25, 0.3) is 0 Å². The topological polar surface area (TPSA) is 70.0 Å². The van der Waals surface area contributed by atoms with Crippen molar-refractivity contribution >= 4 is 17.7 Å². The molecule has 1 rings (SSSR count). The van der Waals surface area contributed by atoms with Crippen LogP contribution in [0.25, 0.3) is 0 Å². The summed E-state index contributed by atoms with van der Waals surface area (Å²) in [6.07, 6.45) is -0.550. The van der Waals surface area contributed by atoms with Gasteiger partial charge in [0.1, 0.15) is 11.4 Å². The molecule has 2 N–H and O–H groups in total. The van der Waals surface area contributed by atoms with Crippen LogP contribution in [0.5, 0.6) is 5.75 Å². The quantitative estimate of drug-likeness (QED) is 0.897. The predicted molar refractivity (Wildman–Crippen MR) is 76.8 cm³/mol. The van der Waals surface area contributed by atoms with E-state index in [4.69, 9.17) is 21.4 Å². The molecular weight excluding hydrogens is 282 g/mol. The summed E-state index contributed by atoms with van der Waals surface area (Å²) in [5.41, 5.74) is -0.127. The van der Waals surface area contributed by atoms with Crippen LogP contribution in [-0.2, 0) is 11.3 Å². The third kappa shape index (κ3) is 5.27. The zero-order chi connectivity index (χ0) is 15.3. The van der Waals surface area contributed by atoms with Crippen molar-refractivity contribution in [2.75, 3.05) is 13.2 Å². The summed E-state index contributed by atoms with van der Waals surface area (Å²) in [4.78, 5) is 13.3. The second kappa shape index (κ2) is 6.81. The van der Waals surface area contributed by atoms with E-state index in [1.807, 2.05) is 0 Å². The average molecular weight is 302 g/mol. The largest absolute Gasteiger partial charge is 0.508 e. The highest BCUT2D eigenvalue weighted by molar-refractivity contribution is 6.30. The Hall–Kier alpha value is -1.46. The lowest BCUT2D eigenvalue weighted by Gasteiger charge is -2.27. The molecule has 5 nitrogen and oxygen atoms in total. The fourth-order valence-electron chi connectivity index (χ4n) is 1.57. The van der Waals surface area contributed by atoms with Crippen molar-refractivity contribution in [3.05, 3.63) is 28.8 Å². The number of amides is 1. The Morgan fingerprint density at radius 3 is 2.60 bits per heavy atom. The molecular formula is C14H20ClNO4. The van der Waals surface area contributed by atoms with Crippen LogP contribution in [0.2, 0.25) is 5.02 Å². The van der Waals surface area contributed by atoms with E-state index < -0.39 is 11.7 Å². The molecule has 1 aromatic rings. The molecule has 20 heavy (non-hydrogen) atoms. The lowest BCUT2D eigenvalue weighted by Crippen LogP contribution is -2.38. The first-order valence-electron chi connectivity index (χ1n) is 6.29. The van der Waals surface area contributed by atoms with Crippen LogP contribution in [0.3, 0.4) is 0 Å². The molecule has 0 atom stereocenters. The Morgan fingerprint density at radius 2 is 2.05 bits per heavy atom. The van der Waals surface area contributed by atoms with Crippen LogP contribution in [0, 0.1) is 0 Å². The number of aromatic hydroxyl groups is 1. The Balaban J connectivity index is 2.86. The monoisotopic (exact) mass is 301 g/mol. The maximum absolute atomic E-state index is 12.0. The highest BCUT2D eigenvalue weighted by Crippen LogP contribution is 2.23. The summed E-state index contributed by atoms with van der Waals surface area (Å²) in [5, 5.41) is 19.3. The molecule has 0 bridgehead atoms. The van der Waals surface area contributed by atoms with Crippen LogP contribution in [-0.4, -0.2) is 40.0 Å². The number of halogens is 1. The number of phenolic OH excluding ortho intramolecular Hbond substituents is 1. The molecule has 0 fully saturated rings. The minimum atomic E-state index is -0.624. The van der Waals surface area contributed by atoms with E-state index in [2.05, 4.69) is 0 Å². The van der Waals surface area contributed by atoms with E-state index in [1.165, 1.54) is 11.0 Å². The van der Waals surface area contributed by atoms with Crippen molar-refractivity contribution in [3.63, 3.8) is 0 Å². The van der Waals surface area contributed by atoms with Crippen LogP contribution >= 0.6 is 11.6 Å². The van der Waals surface area contributed by atoms with Crippen LogP contribution in [0.4, 0.5) is 4.79 Å². The Bertz CT molecular complexity index is 471. The van der Waals surface area contributed by atoms with Gasteiger partial charge in [-0.05, 0) is 39.0 Å². The van der Waals surface area contributed by atoms with Gasteiger partial charge in [0.05, 0.1) is 13.2 Å². The van der Waals surface area contributed by atoms with Gasteiger partial charge < -0.3 is 19.8 Å². The van der Waals surface area contributed by atoms with Crippen molar-refractivity contribution in [3.8, 4) is 5.75 Å². The lowest BCUT2D eigenvalue weighted by molar-refractivity contribution is 0.0200. The Kier molecular flexibility index (Phi) is 5.65. The first-order valence-corrected chi connectivity index (χ1v) is 6.67. The van der Waals surface area contributed by atoms with E-state index in [0.717, 1.165) is 0 Å². The van der Waals surface area contributed by atoms with Crippen molar-refractivity contribution < 1.29 is 19.7 Å². The SMILES string of the molecule is CC(C)(C)OC(=O)N(CCO)Cc1cc(Cl)ccc1O. The fourth-order valence-corrected chi connectivity index (χ4v) is 1.76. The van der Waals surface area contributed by atoms with Crippen molar-refractivity contribution in [2.45, 2.75) is 32.9 Å². The Morgan fingerprint density at radius 1 is 1.40 bits per heavy atom. The number of hydrogen-bond acceptors (Lipinski definition) is 4. The summed E-state index contributed by atoms with van der Waals surface area (Å²) in [7, 11) is 0. The standard InChI is InChI=1S/C14H20ClNO4/c1-14(2,3)20-13(19)16(6-7-17)9-10-8-11(15)4-5-12(10)18/h4-5,8,17-18H,6-7,9H2,1-3H3. The minimum Gasteiger partial charge on any atom is -0.508 e. The number of carbonyl (C=O) groups excluding carboxylic acids is 1. The van der Waals surface area contributed by atoms with Gasteiger partial charge in [0.2, 0.25) is 0 Å². The molecule has 0 aliphatic rings. The molecule has 1 amide bonds. The van der Waals surface area contributed by atoms with Crippen LogP contribution in [0.15, 0.2) is 18.2 Å². The van der Waals surface area contributed by atoms with E-state index in [-0.39, 0.29) is 25.4 Å². The molecule has 6 heteroatoms. The highest BCUT2D eigenvalue weighted by Gasteiger charge is 2.22. The first kappa shape index (κ1) is 16.6. The third-order valence-corrected chi connectivity index (χ3v) is 2.66. The third-order valence-electron chi connectivity index (χ3n) is 2.42. The van der Waals surface area contributed by atoms with Gasteiger partial charge >= 0.3 is 6.09 Å². The maximum atomic E-state index is 12.0. The summed E-state index contributed by atoms with van der Waals surface area (Å²) >= 11 is 5.87. The molecule has 0 unspecified atom stereocenters. The van der Waals surface area contributed by atoms with Gasteiger partial charge in [-0.3, -0.25) is 0 Å². The average Bonchev–Trinajstić information content (AvgIpc) is 2.31. The molecule has 112 valence electrons. The highest BCUT2D eigenvalue weighted by atomic mass is 35.5. The van der Waals surface area contributed by atoms with E-state index >= 15 is 0 Å². The number of phenols is 1. The summed E-state index contributed by atoms with van der Waals surface area (Å²) in [5.74, 6) is 0.0425. The number of hydrogen-bond donors (Lipinski definition) is 2. The first-order chi connectivity index (χ1) is 9.23. The van der Waals surface area contributed by atoms with Crippen LogP contribution in [0.1, 0.15) is 26.3 Å².